The minimum Gasteiger partial charge on any atom is -0.496 e. The summed E-state index contributed by atoms with van der Waals surface area (Å²) in [6.45, 7) is 1.79. The highest BCUT2D eigenvalue weighted by Crippen LogP contribution is 2.23. The largest absolute Gasteiger partial charge is 0.496 e. The molecule has 106 valence electrons. The predicted molar refractivity (Wildman–Crippen MR) is 80.5 cm³/mol. The van der Waals surface area contributed by atoms with E-state index in [9.17, 15) is 8.42 Å². The molecular weight excluding hydrogens is 344 g/mol. The summed E-state index contributed by atoms with van der Waals surface area (Å²) in [5.74, 6) is 0.647. The fourth-order valence-corrected chi connectivity index (χ4v) is 3.03. The van der Waals surface area contributed by atoms with Crippen molar-refractivity contribution in [3.63, 3.8) is 0 Å². The van der Waals surface area contributed by atoms with Gasteiger partial charge >= 0.3 is 0 Å². The van der Waals surface area contributed by atoms with Gasteiger partial charge in [0.05, 0.1) is 23.9 Å². The number of rotatable bonds is 4. The molecule has 0 fully saturated rings. The molecule has 0 bridgehead atoms. The molecule has 2 rings (SSSR count). The second-order valence-electron chi connectivity index (χ2n) is 4.11. The van der Waals surface area contributed by atoms with Crippen molar-refractivity contribution in [1.29, 1.82) is 0 Å². The van der Waals surface area contributed by atoms with E-state index in [1.165, 1.54) is 12.3 Å². The third-order valence-corrected chi connectivity index (χ3v) is 4.50. The van der Waals surface area contributed by atoms with Crippen LogP contribution in [0.1, 0.15) is 5.56 Å². The molecule has 5 nitrogen and oxygen atoms in total. The molecule has 0 amide bonds. The first-order valence-corrected chi connectivity index (χ1v) is 7.99. The monoisotopic (exact) mass is 356 g/mol. The highest BCUT2D eigenvalue weighted by Gasteiger charge is 2.15. The Morgan fingerprint density at radius 3 is 2.55 bits per heavy atom. The van der Waals surface area contributed by atoms with Gasteiger partial charge in [0.15, 0.2) is 0 Å². The van der Waals surface area contributed by atoms with Crippen molar-refractivity contribution in [2.45, 2.75) is 11.8 Å². The van der Waals surface area contributed by atoms with Gasteiger partial charge in [-0.2, -0.15) is 0 Å². The summed E-state index contributed by atoms with van der Waals surface area (Å²) in [6, 6.07) is 7.99. The molecule has 20 heavy (non-hydrogen) atoms. The van der Waals surface area contributed by atoms with Crippen molar-refractivity contribution in [2.24, 2.45) is 0 Å². The SMILES string of the molecule is COc1ccc(S(=O)(=O)Nc2ccc(Br)nc2)cc1C. The average Bonchev–Trinajstić information content (AvgIpc) is 2.41. The highest BCUT2D eigenvalue weighted by molar-refractivity contribution is 9.10. The number of methoxy groups -OCH3 is 1. The van der Waals surface area contributed by atoms with Gasteiger partial charge in [-0.05, 0) is 58.7 Å². The number of benzene rings is 1. The van der Waals surface area contributed by atoms with Crippen LogP contribution in [0, 0.1) is 6.92 Å². The summed E-state index contributed by atoms with van der Waals surface area (Å²) in [4.78, 5) is 4.15. The van der Waals surface area contributed by atoms with Gasteiger partial charge in [0, 0.05) is 0 Å². The fourth-order valence-electron chi connectivity index (χ4n) is 1.67. The average molecular weight is 357 g/mol. The van der Waals surface area contributed by atoms with Crippen molar-refractivity contribution < 1.29 is 13.2 Å². The van der Waals surface area contributed by atoms with Gasteiger partial charge in [0.2, 0.25) is 0 Å². The Hall–Kier alpha value is -1.60. The summed E-state index contributed by atoms with van der Waals surface area (Å²) in [5.41, 5.74) is 1.16. The lowest BCUT2D eigenvalue weighted by molar-refractivity contribution is 0.411. The Kier molecular flexibility index (Phi) is 4.29. The zero-order valence-corrected chi connectivity index (χ0v) is 13.3. The van der Waals surface area contributed by atoms with E-state index in [4.69, 9.17) is 4.74 Å². The number of sulfonamides is 1. The first kappa shape index (κ1) is 14.8. The van der Waals surface area contributed by atoms with Crippen LogP contribution in [0.15, 0.2) is 46.0 Å². The molecule has 0 aliphatic rings. The lowest BCUT2D eigenvalue weighted by Crippen LogP contribution is -2.13. The molecule has 0 atom stereocenters. The smallest absolute Gasteiger partial charge is 0.261 e. The number of aryl methyl sites for hydroxylation is 1. The number of halogens is 1. The molecule has 0 radical (unpaired) electrons. The minimum absolute atomic E-state index is 0.179. The number of nitrogens with zero attached hydrogens (tertiary/aromatic N) is 1. The maximum absolute atomic E-state index is 12.2. The van der Waals surface area contributed by atoms with Crippen molar-refractivity contribution in [2.75, 3.05) is 11.8 Å². The van der Waals surface area contributed by atoms with Crippen LogP contribution in [0.3, 0.4) is 0 Å². The number of anilines is 1. The topological polar surface area (TPSA) is 68.3 Å². The Balaban J connectivity index is 2.30. The third-order valence-electron chi connectivity index (χ3n) is 2.66. The molecule has 0 aliphatic heterocycles. The van der Waals surface area contributed by atoms with Crippen LogP contribution < -0.4 is 9.46 Å². The molecule has 0 saturated carbocycles. The van der Waals surface area contributed by atoms with Crippen molar-refractivity contribution in [1.82, 2.24) is 4.98 Å². The molecule has 1 aromatic carbocycles. The maximum Gasteiger partial charge on any atom is 0.261 e. The van der Waals surface area contributed by atoms with E-state index >= 15 is 0 Å². The van der Waals surface area contributed by atoms with Crippen LogP contribution in [0.5, 0.6) is 5.75 Å². The Labute approximate surface area is 126 Å². The van der Waals surface area contributed by atoms with Crippen LogP contribution in [0.2, 0.25) is 0 Å². The van der Waals surface area contributed by atoms with Crippen LogP contribution in [-0.2, 0) is 10.0 Å². The van der Waals surface area contributed by atoms with E-state index in [-0.39, 0.29) is 4.90 Å². The van der Waals surface area contributed by atoms with Crippen LogP contribution in [0.25, 0.3) is 0 Å². The number of hydrogen-bond donors (Lipinski definition) is 1. The van der Waals surface area contributed by atoms with Crippen molar-refractivity contribution in [3.05, 3.63) is 46.7 Å². The standard InChI is InChI=1S/C13H13BrN2O3S/c1-9-7-11(4-5-12(9)19-2)20(17,18)16-10-3-6-13(14)15-8-10/h3-8,16H,1-2H3. The molecule has 0 aliphatic carbocycles. The van der Waals surface area contributed by atoms with Gasteiger partial charge in [-0.3, -0.25) is 4.72 Å². The van der Waals surface area contributed by atoms with Gasteiger partial charge in [0.25, 0.3) is 10.0 Å². The molecule has 2 aromatic rings. The minimum atomic E-state index is -3.63. The van der Waals surface area contributed by atoms with Crippen LogP contribution in [0.4, 0.5) is 5.69 Å². The van der Waals surface area contributed by atoms with Crippen LogP contribution in [-0.4, -0.2) is 20.5 Å². The third kappa shape index (κ3) is 3.29. The Bertz CT molecular complexity index is 715. The normalized spacial score (nSPS) is 11.2. The molecule has 1 aromatic heterocycles. The van der Waals surface area contributed by atoms with Crippen LogP contribution >= 0.6 is 15.9 Å². The molecule has 0 unspecified atom stereocenters. The summed E-state index contributed by atoms with van der Waals surface area (Å²) in [6.07, 6.45) is 1.44. The number of hydrogen-bond acceptors (Lipinski definition) is 4. The molecular formula is C13H13BrN2O3S. The second-order valence-corrected chi connectivity index (χ2v) is 6.60. The maximum atomic E-state index is 12.2. The summed E-state index contributed by atoms with van der Waals surface area (Å²) >= 11 is 3.19. The van der Waals surface area contributed by atoms with E-state index in [1.54, 1.807) is 38.3 Å². The summed E-state index contributed by atoms with van der Waals surface area (Å²) in [5, 5.41) is 0. The number of nitrogens with one attached hydrogen (secondary N) is 1. The fraction of sp³-hybridized carbons (Fsp3) is 0.154. The van der Waals surface area contributed by atoms with E-state index < -0.39 is 10.0 Å². The molecule has 0 spiro atoms. The molecule has 7 heteroatoms. The van der Waals surface area contributed by atoms with Gasteiger partial charge in [-0.1, -0.05) is 0 Å². The molecule has 0 saturated heterocycles. The first-order chi connectivity index (χ1) is 9.42. The number of ether oxygens (including phenoxy) is 1. The predicted octanol–water partition coefficient (Wildman–Crippen LogP) is 2.96. The Morgan fingerprint density at radius 1 is 1.25 bits per heavy atom. The van der Waals surface area contributed by atoms with E-state index in [2.05, 4.69) is 25.6 Å². The van der Waals surface area contributed by atoms with Gasteiger partial charge in [-0.25, -0.2) is 13.4 Å². The van der Waals surface area contributed by atoms with Crippen molar-refractivity contribution in [3.8, 4) is 5.75 Å². The summed E-state index contributed by atoms with van der Waals surface area (Å²) in [7, 11) is -2.09. The second kappa shape index (κ2) is 5.80. The molecule has 1 heterocycles. The van der Waals surface area contributed by atoms with Gasteiger partial charge in [0.1, 0.15) is 10.4 Å². The van der Waals surface area contributed by atoms with Gasteiger partial charge in [-0.15, -0.1) is 0 Å². The quantitative estimate of drug-likeness (QED) is 0.855. The van der Waals surface area contributed by atoms with E-state index in [1.807, 2.05) is 0 Å². The van der Waals surface area contributed by atoms with Gasteiger partial charge < -0.3 is 4.74 Å². The zero-order valence-electron chi connectivity index (χ0n) is 10.9. The van der Waals surface area contributed by atoms with E-state index in [0.29, 0.717) is 16.0 Å². The summed E-state index contributed by atoms with van der Waals surface area (Å²) < 4.78 is 32.7. The highest BCUT2D eigenvalue weighted by atomic mass is 79.9. The Morgan fingerprint density at radius 2 is 2.00 bits per heavy atom. The first-order valence-electron chi connectivity index (χ1n) is 5.71. The number of pyridine rings is 1. The lowest BCUT2D eigenvalue weighted by Gasteiger charge is -2.10. The zero-order chi connectivity index (χ0) is 14.8. The number of aromatic nitrogens is 1. The molecule has 1 N–H and O–H groups in total. The van der Waals surface area contributed by atoms with E-state index in [0.717, 1.165) is 5.56 Å². The lowest BCUT2D eigenvalue weighted by atomic mass is 10.2. The van der Waals surface area contributed by atoms with Crippen molar-refractivity contribution >= 4 is 31.6 Å².